The van der Waals surface area contributed by atoms with Crippen LogP contribution in [0, 0.1) is 0 Å². The number of nitrogens with zero attached hydrogens (tertiary/aromatic N) is 1. The van der Waals surface area contributed by atoms with Crippen molar-refractivity contribution in [2.45, 2.75) is 13.0 Å². The number of hydrogen-bond acceptors (Lipinski definition) is 4. The van der Waals surface area contributed by atoms with Crippen LogP contribution in [0.15, 0.2) is 60.7 Å². The topological polar surface area (TPSA) is 82.3 Å². The van der Waals surface area contributed by atoms with E-state index in [1.807, 2.05) is 48.5 Å². The Kier molecular flexibility index (Phi) is 4.24. The van der Waals surface area contributed by atoms with Gasteiger partial charge in [0.1, 0.15) is 0 Å². The lowest BCUT2D eigenvalue weighted by molar-refractivity contribution is -0.125. The molecule has 2 aromatic carbocycles. The summed E-state index contributed by atoms with van der Waals surface area (Å²) in [6, 6.07) is 18.5. The summed E-state index contributed by atoms with van der Waals surface area (Å²) in [6.45, 7) is 1.45. The van der Waals surface area contributed by atoms with E-state index >= 15 is 0 Å². The van der Waals surface area contributed by atoms with Gasteiger partial charge in [0.2, 0.25) is 0 Å². The number of carbonyl (C=O) groups excluding carboxylic acids is 2. The van der Waals surface area contributed by atoms with E-state index in [0.29, 0.717) is 22.2 Å². The average molecular weight is 320 g/mol. The molecule has 0 bridgehead atoms. The summed E-state index contributed by atoms with van der Waals surface area (Å²) < 4.78 is 5.16. The van der Waals surface area contributed by atoms with Gasteiger partial charge in [-0.3, -0.25) is 4.79 Å². The highest BCUT2D eigenvalue weighted by molar-refractivity contribution is 6.05. The van der Waals surface area contributed by atoms with Crippen molar-refractivity contribution in [1.29, 1.82) is 0 Å². The zero-order valence-electron chi connectivity index (χ0n) is 13.1. The zero-order chi connectivity index (χ0) is 17.1. The lowest BCUT2D eigenvalue weighted by Gasteiger charge is -2.12. The number of carbonyl (C=O) groups is 2. The lowest BCUT2D eigenvalue weighted by Crippen LogP contribution is -2.30. The molecule has 1 aromatic heterocycles. The molecular formula is C19H16N2O3. The van der Waals surface area contributed by atoms with E-state index in [4.69, 9.17) is 10.5 Å². The number of esters is 1. The second-order valence-electron chi connectivity index (χ2n) is 5.39. The Hall–Kier alpha value is -3.21. The molecule has 3 aromatic rings. The van der Waals surface area contributed by atoms with Gasteiger partial charge in [-0.15, -0.1) is 0 Å². The van der Waals surface area contributed by atoms with E-state index in [9.17, 15) is 9.59 Å². The number of fused-ring (bicyclic) bond motifs is 1. The van der Waals surface area contributed by atoms with Gasteiger partial charge in [0, 0.05) is 10.9 Å². The summed E-state index contributed by atoms with van der Waals surface area (Å²) >= 11 is 0. The van der Waals surface area contributed by atoms with Crippen molar-refractivity contribution in [3.05, 3.63) is 66.2 Å². The van der Waals surface area contributed by atoms with Crippen LogP contribution in [0.2, 0.25) is 0 Å². The largest absolute Gasteiger partial charge is 0.449 e. The van der Waals surface area contributed by atoms with Crippen LogP contribution in [0.1, 0.15) is 17.3 Å². The van der Waals surface area contributed by atoms with Crippen LogP contribution in [0.25, 0.3) is 22.2 Å². The fourth-order valence-corrected chi connectivity index (χ4v) is 2.38. The van der Waals surface area contributed by atoms with Crippen LogP contribution in [0.5, 0.6) is 0 Å². The van der Waals surface area contributed by atoms with Crippen molar-refractivity contribution in [2.75, 3.05) is 0 Å². The maximum Gasteiger partial charge on any atom is 0.339 e. The number of nitrogens with two attached hydrogens (primary N) is 1. The Morgan fingerprint density at radius 1 is 1.04 bits per heavy atom. The second-order valence-corrected chi connectivity index (χ2v) is 5.39. The third-order valence-corrected chi connectivity index (χ3v) is 3.69. The third kappa shape index (κ3) is 3.10. The minimum Gasteiger partial charge on any atom is -0.449 e. The molecule has 0 saturated carbocycles. The first-order chi connectivity index (χ1) is 11.6. The average Bonchev–Trinajstić information content (AvgIpc) is 2.61. The van der Waals surface area contributed by atoms with Crippen molar-refractivity contribution in [3.8, 4) is 11.3 Å². The van der Waals surface area contributed by atoms with Gasteiger partial charge in [-0.25, -0.2) is 9.78 Å². The number of amides is 1. The summed E-state index contributed by atoms with van der Waals surface area (Å²) in [7, 11) is 0. The number of primary amides is 1. The molecule has 0 radical (unpaired) electrons. The molecule has 24 heavy (non-hydrogen) atoms. The molecular weight excluding hydrogens is 304 g/mol. The highest BCUT2D eigenvalue weighted by Gasteiger charge is 2.19. The van der Waals surface area contributed by atoms with E-state index in [0.717, 1.165) is 5.56 Å². The highest BCUT2D eigenvalue weighted by atomic mass is 16.5. The minimum absolute atomic E-state index is 0.354. The molecule has 0 spiro atoms. The molecule has 120 valence electrons. The molecule has 1 atom stereocenters. The van der Waals surface area contributed by atoms with Gasteiger partial charge < -0.3 is 10.5 Å². The predicted octanol–water partition coefficient (Wildman–Crippen LogP) is 2.93. The molecule has 2 N–H and O–H groups in total. The van der Waals surface area contributed by atoms with Crippen molar-refractivity contribution in [2.24, 2.45) is 5.73 Å². The summed E-state index contributed by atoms with van der Waals surface area (Å²) in [5.41, 5.74) is 7.75. The number of para-hydroxylation sites is 1. The van der Waals surface area contributed by atoms with Crippen molar-refractivity contribution in [3.63, 3.8) is 0 Å². The Morgan fingerprint density at radius 3 is 2.42 bits per heavy atom. The number of benzene rings is 2. The second kappa shape index (κ2) is 6.50. The molecule has 5 heteroatoms. The SMILES string of the molecule is C[C@@H](OC(=O)c1cc(-c2ccccc2)nc2ccccc12)C(N)=O. The quantitative estimate of drug-likeness (QED) is 0.749. The predicted molar refractivity (Wildman–Crippen MR) is 91.3 cm³/mol. The van der Waals surface area contributed by atoms with E-state index in [1.165, 1.54) is 6.92 Å². The minimum atomic E-state index is -0.996. The Morgan fingerprint density at radius 2 is 1.71 bits per heavy atom. The summed E-state index contributed by atoms with van der Waals surface area (Å²) in [6.07, 6.45) is -0.996. The van der Waals surface area contributed by atoms with Gasteiger partial charge >= 0.3 is 5.97 Å². The number of pyridine rings is 1. The highest BCUT2D eigenvalue weighted by Crippen LogP contribution is 2.25. The molecule has 0 fully saturated rings. The van der Waals surface area contributed by atoms with E-state index < -0.39 is 18.0 Å². The molecule has 5 nitrogen and oxygen atoms in total. The molecule has 0 saturated heterocycles. The Balaban J connectivity index is 2.11. The third-order valence-electron chi connectivity index (χ3n) is 3.69. The fourth-order valence-electron chi connectivity index (χ4n) is 2.38. The van der Waals surface area contributed by atoms with Crippen molar-refractivity contribution < 1.29 is 14.3 Å². The van der Waals surface area contributed by atoms with Crippen molar-refractivity contribution >= 4 is 22.8 Å². The molecule has 0 aliphatic heterocycles. The van der Waals surface area contributed by atoms with Gasteiger partial charge in [0.25, 0.3) is 5.91 Å². The van der Waals surface area contributed by atoms with Gasteiger partial charge in [-0.2, -0.15) is 0 Å². The summed E-state index contributed by atoms with van der Waals surface area (Å²) in [4.78, 5) is 28.3. The van der Waals surface area contributed by atoms with E-state index in [2.05, 4.69) is 4.98 Å². The van der Waals surface area contributed by atoms with Crippen LogP contribution in [-0.2, 0) is 9.53 Å². The van der Waals surface area contributed by atoms with Crippen LogP contribution >= 0.6 is 0 Å². The first-order valence-electron chi connectivity index (χ1n) is 7.52. The van der Waals surface area contributed by atoms with Gasteiger partial charge in [0.05, 0.1) is 16.8 Å². The normalized spacial score (nSPS) is 11.9. The summed E-state index contributed by atoms with van der Waals surface area (Å²) in [5, 5.41) is 0.666. The fraction of sp³-hybridized carbons (Fsp3) is 0.105. The van der Waals surface area contributed by atoms with Gasteiger partial charge in [-0.1, -0.05) is 48.5 Å². The van der Waals surface area contributed by atoms with Crippen LogP contribution < -0.4 is 5.73 Å². The Bertz CT molecular complexity index is 907. The standard InChI is InChI=1S/C19H16N2O3/c1-12(18(20)22)24-19(23)15-11-17(13-7-3-2-4-8-13)21-16-10-6-5-9-14(15)16/h2-12H,1H3,(H2,20,22)/t12-/m1/s1. The molecule has 3 rings (SSSR count). The number of hydrogen-bond donors (Lipinski definition) is 1. The van der Waals surface area contributed by atoms with E-state index in [-0.39, 0.29) is 0 Å². The molecule has 1 heterocycles. The van der Waals surface area contributed by atoms with E-state index in [1.54, 1.807) is 12.1 Å². The lowest BCUT2D eigenvalue weighted by atomic mass is 10.0. The van der Waals surface area contributed by atoms with Crippen LogP contribution in [0.3, 0.4) is 0 Å². The maximum absolute atomic E-state index is 12.5. The first-order valence-corrected chi connectivity index (χ1v) is 7.52. The zero-order valence-corrected chi connectivity index (χ0v) is 13.1. The maximum atomic E-state index is 12.5. The number of rotatable bonds is 4. The van der Waals surface area contributed by atoms with Crippen LogP contribution in [-0.4, -0.2) is 23.0 Å². The number of ether oxygens (including phenoxy) is 1. The monoisotopic (exact) mass is 320 g/mol. The molecule has 0 unspecified atom stereocenters. The number of aromatic nitrogens is 1. The smallest absolute Gasteiger partial charge is 0.339 e. The van der Waals surface area contributed by atoms with Gasteiger partial charge in [0.15, 0.2) is 6.10 Å². The van der Waals surface area contributed by atoms with Crippen LogP contribution in [0.4, 0.5) is 0 Å². The van der Waals surface area contributed by atoms with Crippen molar-refractivity contribution in [1.82, 2.24) is 4.98 Å². The molecule has 0 aliphatic carbocycles. The molecule has 1 amide bonds. The molecule has 0 aliphatic rings. The summed E-state index contributed by atoms with van der Waals surface area (Å²) in [5.74, 6) is -1.29. The van der Waals surface area contributed by atoms with Gasteiger partial charge in [-0.05, 0) is 19.1 Å². The Labute approximate surface area is 139 Å². The first kappa shape index (κ1) is 15.7.